The molecule has 0 spiro atoms. The van der Waals surface area contributed by atoms with Gasteiger partial charge in [0.15, 0.2) is 11.6 Å². The molecule has 0 aliphatic carbocycles. The highest BCUT2D eigenvalue weighted by atomic mass is 19.1. The molecule has 2 aromatic carbocycles. The molecule has 148 valence electrons. The largest absolute Gasteiger partial charge is 0.338 e. The van der Waals surface area contributed by atoms with E-state index in [4.69, 9.17) is 0 Å². The Hall–Kier alpha value is -4.01. The summed E-state index contributed by atoms with van der Waals surface area (Å²) >= 11 is 0. The van der Waals surface area contributed by atoms with Gasteiger partial charge in [0.05, 0.1) is 6.20 Å². The van der Waals surface area contributed by atoms with Crippen LogP contribution >= 0.6 is 0 Å². The van der Waals surface area contributed by atoms with Crippen LogP contribution in [0.1, 0.15) is 13.8 Å². The number of carbonyl (C=O) groups is 2. The minimum atomic E-state index is -0.632. The second kappa shape index (κ2) is 8.79. The zero-order chi connectivity index (χ0) is 20.8. The molecule has 1 heterocycles. The van der Waals surface area contributed by atoms with Gasteiger partial charge in [0, 0.05) is 36.6 Å². The number of nitrogens with zero attached hydrogens (tertiary/aromatic N) is 2. The van der Waals surface area contributed by atoms with Gasteiger partial charge in [-0.25, -0.2) is 9.37 Å². The molecule has 0 unspecified atom stereocenters. The van der Waals surface area contributed by atoms with Crippen LogP contribution in [0, 0.1) is 5.82 Å². The van der Waals surface area contributed by atoms with Crippen molar-refractivity contribution < 1.29 is 14.0 Å². The summed E-state index contributed by atoms with van der Waals surface area (Å²) in [6.07, 6.45) is 1.05. The maximum absolute atomic E-state index is 14.2. The van der Waals surface area contributed by atoms with Crippen LogP contribution in [-0.4, -0.2) is 21.8 Å². The third kappa shape index (κ3) is 5.73. The van der Waals surface area contributed by atoms with Crippen molar-refractivity contribution >= 4 is 46.3 Å². The molecule has 3 aromatic rings. The van der Waals surface area contributed by atoms with Crippen molar-refractivity contribution in [1.29, 1.82) is 0 Å². The fraction of sp³-hybridized carbons (Fsp3) is 0.100. The first kappa shape index (κ1) is 19.7. The minimum absolute atomic E-state index is 0.0273. The summed E-state index contributed by atoms with van der Waals surface area (Å²) in [7, 11) is 0. The van der Waals surface area contributed by atoms with E-state index in [0.29, 0.717) is 22.7 Å². The second-order valence-electron chi connectivity index (χ2n) is 6.16. The average molecular weight is 394 g/mol. The van der Waals surface area contributed by atoms with Crippen molar-refractivity contribution in [2.75, 3.05) is 21.3 Å². The number of aromatic nitrogens is 2. The van der Waals surface area contributed by atoms with E-state index in [0.717, 1.165) is 6.20 Å². The molecule has 1 aromatic heterocycles. The SMILES string of the molecule is CC(=O)Nc1cccc(Nc2ncc(F)c(Nc3cccc(NC(C)=O)c3)n2)c1. The lowest BCUT2D eigenvalue weighted by Gasteiger charge is -2.11. The van der Waals surface area contributed by atoms with Gasteiger partial charge >= 0.3 is 0 Å². The summed E-state index contributed by atoms with van der Waals surface area (Å²) in [6.45, 7) is 2.82. The Labute approximate surface area is 166 Å². The van der Waals surface area contributed by atoms with E-state index in [1.165, 1.54) is 13.8 Å². The van der Waals surface area contributed by atoms with Crippen LogP contribution in [0.2, 0.25) is 0 Å². The van der Waals surface area contributed by atoms with Crippen LogP contribution in [0.15, 0.2) is 54.7 Å². The Morgan fingerprint density at radius 3 is 1.90 bits per heavy atom. The fourth-order valence-corrected chi connectivity index (χ4v) is 2.54. The molecule has 0 bridgehead atoms. The number of anilines is 6. The third-order valence-corrected chi connectivity index (χ3v) is 3.63. The number of halogens is 1. The van der Waals surface area contributed by atoms with Crippen molar-refractivity contribution in [3.05, 3.63) is 60.5 Å². The van der Waals surface area contributed by atoms with Gasteiger partial charge in [-0.2, -0.15) is 4.98 Å². The number of nitrogens with one attached hydrogen (secondary N) is 4. The molecular formula is C20H19FN6O2. The number of amides is 2. The molecule has 4 N–H and O–H groups in total. The molecule has 0 saturated carbocycles. The van der Waals surface area contributed by atoms with E-state index in [1.807, 2.05) is 0 Å². The van der Waals surface area contributed by atoms with E-state index in [1.54, 1.807) is 48.5 Å². The van der Waals surface area contributed by atoms with E-state index in [2.05, 4.69) is 31.2 Å². The van der Waals surface area contributed by atoms with Crippen molar-refractivity contribution in [3.63, 3.8) is 0 Å². The van der Waals surface area contributed by atoms with Gasteiger partial charge in [0.1, 0.15) is 0 Å². The van der Waals surface area contributed by atoms with Crippen molar-refractivity contribution in [2.24, 2.45) is 0 Å². The number of hydrogen-bond donors (Lipinski definition) is 4. The van der Waals surface area contributed by atoms with Crippen LogP contribution in [0.4, 0.5) is 38.9 Å². The van der Waals surface area contributed by atoms with Gasteiger partial charge in [0.2, 0.25) is 17.8 Å². The van der Waals surface area contributed by atoms with Gasteiger partial charge in [-0.15, -0.1) is 0 Å². The monoisotopic (exact) mass is 394 g/mol. The van der Waals surface area contributed by atoms with Crippen molar-refractivity contribution in [2.45, 2.75) is 13.8 Å². The zero-order valence-corrected chi connectivity index (χ0v) is 15.8. The van der Waals surface area contributed by atoms with Crippen LogP contribution < -0.4 is 21.3 Å². The first-order valence-electron chi connectivity index (χ1n) is 8.71. The molecule has 29 heavy (non-hydrogen) atoms. The van der Waals surface area contributed by atoms with Crippen LogP contribution in [0.5, 0.6) is 0 Å². The third-order valence-electron chi connectivity index (χ3n) is 3.63. The second-order valence-corrected chi connectivity index (χ2v) is 6.16. The highest BCUT2D eigenvalue weighted by Crippen LogP contribution is 2.23. The van der Waals surface area contributed by atoms with Crippen LogP contribution in [0.3, 0.4) is 0 Å². The van der Waals surface area contributed by atoms with E-state index < -0.39 is 5.82 Å². The van der Waals surface area contributed by atoms with Gasteiger partial charge in [-0.3, -0.25) is 9.59 Å². The van der Waals surface area contributed by atoms with Gasteiger partial charge in [0.25, 0.3) is 0 Å². The predicted molar refractivity (Wildman–Crippen MR) is 110 cm³/mol. The van der Waals surface area contributed by atoms with Crippen molar-refractivity contribution in [1.82, 2.24) is 9.97 Å². The standard InChI is InChI=1S/C20H19FN6O2/c1-12(28)23-14-5-3-7-16(9-14)25-19-18(21)11-22-20(27-19)26-17-8-4-6-15(10-17)24-13(2)29/h3-11H,1-2H3,(H,23,28)(H,24,29)(H2,22,25,26,27). The maximum atomic E-state index is 14.2. The van der Waals surface area contributed by atoms with Gasteiger partial charge < -0.3 is 21.3 Å². The first-order valence-corrected chi connectivity index (χ1v) is 8.71. The molecular weight excluding hydrogens is 375 g/mol. The summed E-state index contributed by atoms with van der Waals surface area (Å²) in [5, 5.41) is 11.2. The molecule has 0 aliphatic rings. The Balaban J connectivity index is 1.78. The summed E-state index contributed by atoms with van der Waals surface area (Å²) in [5.41, 5.74) is 2.36. The number of benzene rings is 2. The Morgan fingerprint density at radius 2 is 1.34 bits per heavy atom. The number of rotatable bonds is 6. The topological polar surface area (TPSA) is 108 Å². The Bertz CT molecular complexity index is 1060. The lowest BCUT2D eigenvalue weighted by atomic mass is 10.2. The van der Waals surface area contributed by atoms with Gasteiger partial charge in [-0.05, 0) is 36.4 Å². The molecule has 9 heteroatoms. The molecule has 8 nitrogen and oxygen atoms in total. The summed E-state index contributed by atoms with van der Waals surface area (Å²) < 4.78 is 14.2. The van der Waals surface area contributed by atoms with E-state index in [-0.39, 0.29) is 23.6 Å². The Morgan fingerprint density at radius 1 is 0.828 bits per heavy atom. The highest BCUT2D eigenvalue weighted by molar-refractivity contribution is 5.90. The fourth-order valence-electron chi connectivity index (χ4n) is 2.54. The van der Waals surface area contributed by atoms with E-state index >= 15 is 0 Å². The molecule has 2 amide bonds. The summed E-state index contributed by atoms with van der Waals surface area (Å²) in [5.74, 6) is -0.878. The first-order chi connectivity index (χ1) is 13.9. The lowest BCUT2D eigenvalue weighted by molar-refractivity contribution is -0.115. The number of carbonyl (C=O) groups excluding carboxylic acids is 2. The molecule has 0 saturated heterocycles. The quantitative estimate of drug-likeness (QED) is 0.503. The maximum Gasteiger partial charge on any atom is 0.229 e. The lowest BCUT2D eigenvalue weighted by Crippen LogP contribution is -2.07. The normalized spacial score (nSPS) is 10.2. The summed E-state index contributed by atoms with van der Waals surface area (Å²) in [6, 6.07) is 13.8. The van der Waals surface area contributed by atoms with Crippen LogP contribution in [-0.2, 0) is 9.59 Å². The van der Waals surface area contributed by atoms with Crippen molar-refractivity contribution in [3.8, 4) is 0 Å². The van der Waals surface area contributed by atoms with E-state index in [9.17, 15) is 14.0 Å². The Kier molecular flexibility index (Phi) is 5.98. The predicted octanol–water partition coefficient (Wildman–Crippen LogP) is 4.02. The smallest absolute Gasteiger partial charge is 0.229 e. The molecule has 0 atom stereocenters. The minimum Gasteiger partial charge on any atom is -0.338 e. The average Bonchev–Trinajstić information content (AvgIpc) is 2.64. The molecule has 3 rings (SSSR count). The summed E-state index contributed by atoms with van der Waals surface area (Å²) in [4.78, 5) is 30.5. The zero-order valence-electron chi connectivity index (χ0n) is 15.8. The molecule has 0 fully saturated rings. The van der Waals surface area contributed by atoms with Crippen LogP contribution in [0.25, 0.3) is 0 Å². The van der Waals surface area contributed by atoms with Gasteiger partial charge in [-0.1, -0.05) is 12.1 Å². The highest BCUT2D eigenvalue weighted by Gasteiger charge is 2.09. The molecule has 0 radical (unpaired) electrons. The molecule has 0 aliphatic heterocycles. The number of hydrogen-bond acceptors (Lipinski definition) is 6.